The summed E-state index contributed by atoms with van der Waals surface area (Å²) in [7, 11) is 1.91. The molecule has 0 bridgehead atoms. The average molecular weight is 169 g/mol. The van der Waals surface area contributed by atoms with Crippen LogP contribution in [0, 0.1) is 12.3 Å². The first-order valence-electron chi connectivity index (χ1n) is 4.11. The van der Waals surface area contributed by atoms with Crippen LogP contribution in [0.25, 0.3) is 0 Å². The third-order valence-corrected chi connectivity index (χ3v) is 0.938. The predicted octanol–water partition coefficient (Wildman–Crippen LogP) is 2.18. The second kappa shape index (κ2) is 4.24. The molecule has 0 fully saturated rings. The van der Waals surface area contributed by atoms with Crippen LogP contribution in [0.15, 0.2) is 6.33 Å². The summed E-state index contributed by atoms with van der Waals surface area (Å²) in [6.07, 6.45) is 1.68. The van der Waals surface area contributed by atoms with Gasteiger partial charge in [0.15, 0.2) is 0 Å². The molecule has 0 saturated carbocycles. The van der Waals surface area contributed by atoms with Crippen molar-refractivity contribution < 1.29 is 0 Å². The van der Waals surface area contributed by atoms with Crippen molar-refractivity contribution in [1.29, 1.82) is 0 Å². The van der Waals surface area contributed by atoms with Gasteiger partial charge in [-0.25, -0.2) is 0 Å². The van der Waals surface area contributed by atoms with Gasteiger partial charge in [0, 0.05) is 7.05 Å². The minimum absolute atomic E-state index is 0.500. The first-order chi connectivity index (χ1) is 5.30. The Kier molecular flexibility index (Phi) is 3.93. The SMILES string of the molecule is CC(C)(C)C.Cc1nncn1C. The van der Waals surface area contributed by atoms with Crippen LogP contribution in [0.4, 0.5) is 0 Å². The summed E-state index contributed by atoms with van der Waals surface area (Å²) in [6, 6.07) is 0. The van der Waals surface area contributed by atoms with Crippen molar-refractivity contribution in [3.8, 4) is 0 Å². The molecule has 0 amide bonds. The average Bonchev–Trinajstić information content (AvgIpc) is 2.12. The van der Waals surface area contributed by atoms with E-state index in [4.69, 9.17) is 0 Å². The molecule has 1 heterocycles. The van der Waals surface area contributed by atoms with Gasteiger partial charge in [-0.2, -0.15) is 0 Å². The summed E-state index contributed by atoms with van der Waals surface area (Å²) in [5, 5.41) is 7.36. The molecule has 1 rings (SSSR count). The molecular formula is C9H19N3. The van der Waals surface area contributed by atoms with E-state index in [-0.39, 0.29) is 0 Å². The van der Waals surface area contributed by atoms with Crippen LogP contribution in [0.3, 0.4) is 0 Å². The predicted molar refractivity (Wildman–Crippen MR) is 50.9 cm³/mol. The Morgan fingerprint density at radius 1 is 1.25 bits per heavy atom. The Morgan fingerprint density at radius 3 is 1.75 bits per heavy atom. The van der Waals surface area contributed by atoms with Gasteiger partial charge in [0.1, 0.15) is 12.2 Å². The molecule has 1 aromatic heterocycles. The molecule has 0 N–H and O–H groups in total. The van der Waals surface area contributed by atoms with Gasteiger partial charge in [-0.15, -0.1) is 10.2 Å². The highest BCUT2D eigenvalue weighted by atomic mass is 15.2. The molecule has 0 atom stereocenters. The van der Waals surface area contributed by atoms with E-state index in [1.165, 1.54) is 0 Å². The molecule has 3 heteroatoms. The molecule has 0 aromatic carbocycles. The van der Waals surface area contributed by atoms with Crippen molar-refractivity contribution in [2.45, 2.75) is 34.6 Å². The maximum absolute atomic E-state index is 3.73. The van der Waals surface area contributed by atoms with Gasteiger partial charge in [0.05, 0.1) is 0 Å². The largest absolute Gasteiger partial charge is 0.321 e. The fourth-order valence-corrected chi connectivity index (χ4v) is 0.341. The van der Waals surface area contributed by atoms with Crippen LogP contribution < -0.4 is 0 Å². The van der Waals surface area contributed by atoms with Crippen LogP contribution in [0.5, 0.6) is 0 Å². The number of hydrogen-bond acceptors (Lipinski definition) is 2. The third-order valence-electron chi connectivity index (χ3n) is 0.938. The molecule has 0 aliphatic rings. The number of aryl methyl sites for hydroxylation is 2. The van der Waals surface area contributed by atoms with Crippen molar-refractivity contribution in [2.24, 2.45) is 12.5 Å². The van der Waals surface area contributed by atoms with Gasteiger partial charge in [-0.3, -0.25) is 0 Å². The fraction of sp³-hybridized carbons (Fsp3) is 0.778. The van der Waals surface area contributed by atoms with Crippen LogP contribution in [0.2, 0.25) is 0 Å². The van der Waals surface area contributed by atoms with E-state index in [1.807, 2.05) is 18.5 Å². The number of hydrogen-bond donors (Lipinski definition) is 0. The van der Waals surface area contributed by atoms with Gasteiger partial charge in [0.2, 0.25) is 0 Å². The first kappa shape index (κ1) is 11.1. The lowest BCUT2D eigenvalue weighted by atomic mass is 10.0. The zero-order chi connectivity index (χ0) is 9.78. The molecule has 0 aliphatic heterocycles. The Bertz CT molecular complexity index is 197. The lowest BCUT2D eigenvalue weighted by molar-refractivity contribution is 0.469. The monoisotopic (exact) mass is 169 g/mol. The van der Waals surface area contributed by atoms with E-state index in [2.05, 4.69) is 37.9 Å². The van der Waals surface area contributed by atoms with E-state index in [0.29, 0.717) is 5.41 Å². The van der Waals surface area contributed by atoms with Gasteiger partial charge < -0.3 is 4.57 Å². The van der Waals surface area contributed by atoms with E-state index >= 15 is 0 Å². The Balaban J connectivity index is 0.000000217. The van der Waals surface area contributed by atoms with E-state index < -0.39 is 0 Å². The quantitative estimate of drug-likeness (QED) is 0.596. The van der Waals surface area contributed by atoms with Gasteiger partial charge >= 0.3 is 0 Å². The second-order valence-corrected chi connectivity index (χ2v) is 4.49. The maximum Gasteiger partial charge on any atom is 0.129 e. The molecule has 12 heavy (non-hydrogen) atoms. The topological polar surface area (TPSA) is 30.7 Å². The summed E-state index contributed by atoms with van der Waals surface area (Å²) in [4.78, 5) is 0. The Morgan fingerprint density at radius 2 is 1.67 bits per heavy atom. The van der Waals surface area contributed by atoms with Crippen LogP contribution in [0.1, 0.15) is 33.5 Å². The zero-order valence-electron chi connectivity index (χ0n) is 8.92. The Hall–Kier alpha value is -0.860. The molecule has 0 saturated heterocycles. The first-order valence-corrected chi connectivity index (χ1v) is 4.11. The Labute approximate surface area is 74.8 Å². The van der Waals surface area contributed by atoms with Crippen molar-refractivity contribution in [1.82, 2.24) is 14.8 Å². The normalized spacial score (nSPS) is 10.5. The highest BCUT2D eigenvalue weighted by Gasteiger charge is 1.95. The molecular weight excluding hydrogens is 150 g/mol. The molecule has 1 aromatic rings. The summed E-state index contributed by atoms with van der Waals surface area (Å²) in [5.74, 6) is 0.944. The van der Waals surface area contributed by atoms with Crippen molar-refractivity contribution >= 4 is 0 Å². The van der Waals surface area contributed by atoms with Crippen LogP contribution in [-0.4, -0.2) is 14.8 Å². The smallest absolute Gasteiger partial charge is 0.129 e. The molecule has 0 unspecified atom stereocenters. The van der Waals surface area contributed by atoms with Crippen molar-refractivity contribution in [3.63, 3.8) is 0 Å². The van der Waals surface area contributed by atoms with Crippen LogP contribution in [-0.2, 0) is 7.05 Å². The molecule has 0 aliphatic carbocycles. The highest BCUT2D eigenvalue weighted by Crippen LogP contribution is 2.08. The summed E-state index contributed by atoms with van der Waals surface area (Å²) >= 11 is 0. The fourth-order valence-electron chi connectivity index (χ4n) is 0.341. The maximum atomic E-state index is 3.73. The minimum atomic E-state index is 0.500. The number of aromatic nitrogens is 3. The third kappa shape index (κ3) is 7.25. The summed E-state index contributed by atoms with van der Waals surface area (Å²) in [6.45, 7) is 10.7. The highest BCUT2D eigenvalue weighted by molar-refractivity contribution is 4.76. The van der Waals surface area contributed by atoms with Gasteiger partial charge in [-0.05, 0) is 12.3 Å². The van der Waals surface area contributed by atoms with Gasteiger partial charge in [0.25, 0.3) is 0 Å². The van der Waals surface area contributed by atoms with Crippen molar-refractivity contribution in [3.05, 3.63) is 12.2 Å². The lowest BCUT2D eigenvalue weighted by Gasteiger charge is -2.05. The standard InChI is InChI=1S/C5H12.C4H7N3/c1-5(2,3)4;1-4-6-5-3-7(4)2/h1-4H3;3H,1-2H3. The lowest BCUT2D eigenvalue weighted by Crippen LogP contribution is -1.93. The molecule has 3 nitrogen and oxygen atoms in total. The van der Waals surface area contributed by atoms with Crippen LogP contribution >= 0.6 is 0 Å². The van der Waals surface area contributed by atoms with Gasteiger partial charge in [-0.1, -0.05) is 27.7 Å². The van der Waals surface area contributed by atoms with E-state index in [9.17, 15) is 0 Å². The number of rotatable bonds is 0. The van der Waals surface area contributed by atoms with E-state index in [1.54, 1.807) is 6.33 Å². The second-order valence-electron chi connectivity index (χ2n) is 4.49. The zero-order valence-corrected chi connectivity index (χ0v) is 8.92. The molecule has 0 radical (unpaired) electrons. The summed E-state index contributed by atoms with van der Waals surface area (Å²) < 4.78 is 1.86. The molecule has 0 spiro atoms. The number of nitrogens with zero attached hydrogens (tertiary/aromatic N) is 3. The van der Waals surface area contributed by atoms with E-state index in [0.717, 1.165) is 5.82 Å². The summed E-state index contributed by atoms with van der Waals surface area (Å²) in [5.41, 5.74) is 0.500. The van der Waals surface area contributed by atoms with Crippen molar-refractivity contribution in [2.75, 3.05) is 0 Å². The minimum Gasteiger partial charge on any atom is -0.321 e. The molecule has 70 valence electrons.